The van der Waals surface area contributed by atoms with Crippen LogP contribution in [0.3, 0.4) is 0 Å². The van der Waals surface area contributed by atoms with E-state index in [0.29, 0.717) is 0 Å². The quantitative estimate of drug-likeness (QED) is 0.882. The maximum Gasteiger partial charge on any atom is 0.0676 e. The van der Waals surface area contributed by atoms with Crippen molar-refractivity contribution >= 4 is 0 Å². The van der Waals surface area contributed by atoms with Crippen LogP contribution < -0.4 is 5.73 Å². The van der Waals surface area contributed by atoms with E-state index in [1.807, 2.05) is 32.4 Å². The van der Waals surface area contributed by atoms with E-state index < -0.39 is 0 Å². The molecule has 0 spiro atoms. The summed E-state index contributed by atoms with van der Waals surface area (Å²) in [6.45, 7) is 4.01. The van der Waals surface area contributed by atoms with E-state index in [0.717, 1.165) is 35.4 Å². The summed E-state index contributed by atoms with van der Waals surface area (Å²) in [7, 11) is 1.91. The number of rotatable bonds is 4. The molecule has 18 heavy (non-hydrogen) atoms. The second-order valence-corrected chi connectivity index (χ2v) is 4.57. The minimum atomic E-state index is -0.0571. The summed E-state index contributed by atoms with van der Waals surface area (Å²) in [5, 5.41) is 12.5. The van der Waals surface area contributed by atoms with Crippen molar-refractivity contribution in [2.24, 2.45) is 12.8 Å². The normalized spacial score (nSPS) is 12.7. The molecule has 1 unspecified atom stereocenters. The molecule has 5 heteroatoms. The predicted molar refractivity (Wildman–Crippen MR) is 70.0 cm³/mol. The Bertz CT molecular complexity index is 532. The summed E-state index contributed by atoms with van der Waals surface area (Å²) in [5.41, 5.74) is 10.4. The third-order valence-corrected chi connectivity index (χ3v) is 2.97. The largest absolute Gasteiger partial charge is 0.324 e. The Kier molecular flexibility index (Phi) is 3.72. The zero-order chi connectivity index (χ0) is 13.1. The Balaban J connectivity index is 2.22. The fourth-order valence-corrected chi connectivity index (χ4v) is 2.07. The molecule has 0 aliphatic heterocycles. The average molecular weight is 245 g/mol. The van der Waals surface area contributed by atoms with Gasteiger partial charge in [-0.15, -0.1) is 0 Å². The van der Waals surface area contributed by atoms with E-state index in [1.54, 1.807) is 4.68 Å². The Hall–Kier alpha value is -1.75. The minimum Gasteiger partial charge on any atom is -0.324 e. The van der Waals surface area contributed by atoms with Crippen molar-refractivity contribution in [3.8, 4) is 0 Å². The third-order valence-electron chi connectivity index (χ3n) is 2.97. The van der Waals surface area contributed by atoms with Crippen molar-refractivity contribution in [3.05, 3.63) is 41.0 Å². The van der Waals surface area contributed by atoms with Gasteiger partial charge in [0, 0.05) is 19.3 Å². The number of hydrogen-bond acceptors (Lipinski definition) is 4. The highest BCUT2D eigenvalue weighted by atomic mass is 15.2. The van der Waals surface area contributed by atoms with Gasteiger partial charge in [0.25, 0.3) is 0 Å². The van der Waals surface area contributed by atoms with Crippen LogP contribution in [0.5, 0.6) is 0 Å². The van der Waals surface area contributed by atoms with Crippen LogP contribution in [0, 0.1) is 6.92 Å². The Morgan fingerprint density at radius 1 is 1.39 bits per heavy atom. The first-order valence-corrected chi connectivity index (χ1v) is 6.16. The molecule has 0 aliphatic rings. The van der Waals surface area contributed by atoms with Gasteiger partial charge >= 0.3 is 0 Å². The van der Waals surface area contributed by atoms with Gasteiger partial charge in [0.2, 0.25) is 0 Å². The van der Waals surface area contributed by atoms with E-state index in [-0.39, 0.29) is 6.04 Å². The van der Waals surface area contributed by atoms with E-state index in [1.165, 1.54) is 0 Å². The molecule has 0 amide bonds. The van der Waals surface area contributed by atoms with E-state index >= 15 is 0 Å². The number of aromatic nitrogens is 4. The van der Waals surface area contributed by atoms with Crippen LogP contribution in [0.1, 0.15) is 35.5 Å². The molecule has 2 N–H and O–H groups in total. The van der Waals surface area contributed by atoms with Crippen molar-refractivity contribution < 1.29 is 0 Å². The molecule has 1 atom stereocenters. The molecular weight excluding hydrogens is 226 g/mol. The minimum absolute atomic E-state index is 0.0571. The van der Waals surface area contributed by atoms with Crippen molar-refractivity contribution in [3.63, 3.8) is 0 Å². The lowest BCUT2D eigenvalue weighted by Gasteiger charge is -2.14. The molecule has 0 fully saturated rings. The van der Waals surface area contributed by atoms with Gasteiger partial charge in [-0.05, 0) is 37.0 Å². The lowest BCUT2D eigenvalue weighted by Crippen LogP contribution is -2.17. The maximum atomic E-state index is 6.28. The highest BCUT2D eigenvalue weighted by Crippen LogP contribution is 2.19. The maximum absolute atomic E-state index is 6.28. The Labute approximate surface area is 107 Å². The van der Waals surface area contributed by atoms with Crippen LogP contribution in [-0.2, 0) is 19.9 Å². The monoisotopic (exact) mass is 245 g/mol. The van der Waals surface area contributed by atoms with Crippen molar-refractivity contribution in [2.45, 2.75) is 32.7 Å². The fourth-order valence-electron chi connectivity index (χ4n) is 2.07. The smallest absolute Gasteiger partial charge is 0.0676 e. The average Bonchev–Trinajstić information content (AvgIpc) is 2.74. The molecule has 0 saturated carbocycles. The molecule has 0 bridgehead atoms. The van der Waals surface area contributed by atoms with E-state index in [9.17, 15) is 0 Å². The lowest BCUT2D eigenvalue weighted by molar-refractivity contribution is 0.690. The second-order valence-electron chi connectivity index (χ2n) is 4.57. The van der Waals surface area contributed by atoms with Crippen LogP contribution >= 0.6 is 0 Å². The van der Waals surface area contributed by atoms with Gasteiger partial charge in [-0.1, -0.05) is 6.92 Å². The number of nitrogens with two attached hydrogens (primary N) is 1. The van der Waals surface area contributed by atoms with Gasteiger partial charge < -0.3 is 5.73 Å². The summed E-state index contributed by atoms with van der Waals surface area (Å²) in [6.07, 6.45) is 5.47. The second kappa shape index (κ2) is 5.27. The van der Waals surface area contributed by atoms with E-state index in [2.05, 4.69) is 22.2 Å². The molecule has 2 aromatic heterocycles. The molecule has 2 aromatic rings. The third kappa shape index (κ3) is 2.73. The van der Waals surface area contributed by atoms with Crippen LogP contribution in [0.4, 0.5) is 0 Å². The first-order valence-electron chi connectivity index (χ1n) is 6.16. The van der Waals surface area contributed by atoms with Crippen LogP contribution in [0.25, 0.3) is 0 Å². The van der Waals surface area contributed by atoms with Gasteiger partial charge in [-0.2, -0.15) is 15.3 Å². The van der Waals surface area contributed by atoms with Crippen LogP contribution in [0.15, 0.2) is 18.5 Å². The van der Waals surface area contributed by atoms with Crippen molar-refractivity contribution in [1.82, 2.24) is 20.0 Å². The van der Waals surface area contributed by atoms with Gasteiger partial charge in [-0.3, -0.25) is 4.68 Å². The molecule has 0 radical (unpaired) electrons. The van der Waals surface area contributed by atoms with Crippen LogP contribution in [0.2, 0.25) is 0 Å². The Morgan fingerprint density at radius 2 is 2.17 bits per heavy atom. The summed E-state index contributed by atoms with van der Waals surface area (Å²) < 4.78 is 1.79. The molecule has 0 saturated heterocycles. The van der Waals surface area contributed by atoms with Gasteiger partial charge in [0.1, 0.15) is 0 Å². The molecular formula is C13H19N5. The summed E-state index contributed by atoms with van der Waals surface area (Å²) >= 11 is 0. The summed E-state index contributed by atoms with van der Waals surface area (Å²) in [6, 6.07) is 1.98. The number of aryl methyl sites for hydroxylation is 3. The first kappa shape index (κ1) is 12.7. The molecule has 2 rings (SSSR count). The zero-order valence-corrected chi connectivity index (χ0v) is 11.1. The van der Waals surface area contributed by atoms with Gasteiger partial charge in [0.05, 0.1) is 17.6 Å². The van der Waals surface area contributed by atoms with Crippen molar-refractivity contribution in [1.29, 1.82) is 0 Å². The molecule has 2 heterocycles. The topological polar surface area (TPSA) is 69.6 Å². The highest BCUT2D eigenvalue weighted by molar-refractivity contribution is 5.26. The number of hydrogen-bond donors (Lipinski definition) is 1. The molecule has 0 aliphatic carbocycles. The summed E-state index contributed by atoms with van der Waals surface area (Å²) in [4.78, 5) is 0. The van der Waals surface area contributed by atoms with Crippen molar-refractivity contribution in [2.75, 3.05) is 0 Å². The predicted octanol–water partition coefficient (Wildman–Crippen LogP) is 1.32. The Morgan fingerprint density at radius 3 is 2.78 bits per heavy atom. The van der Waals surface area contributed by atoms with Crippen LogP contribution in [-0.4, -0.2) is 20.0 Å². The standard InChI is InChI=1S/C13H19N5/c1-4-13-11(5-9(2)16-17-13)12(14)6-10-7-15-18(3)8-10/h5,7-8,12H,4,6,14H2,1-3H3. The first-order chi connectivity index (χ1) is 8.60. The van der Waals surface area contributed by atoms with Gasteiger partial charge in [0.15, 0.2) is 0 Å². The summed E-state index contributed by atoms with van der Waals surface area (Å²) in [5.74, 6) is 0. The fraction of sp³-hybridized carbons (Fsp3) is 0.462. The number of nitrogens with zero attached hydrogens (tertiary/aromatic N) is 4. The molecule has 5 nitrogen and oxygen atoms in total. The SMILES string of the molecule is CCc1nnc(C)cc1C(N)Cc1cnn(C)c1. The molecule has 96 valence electrons. The molecule has 0 aromatic carbocycles. The highest BCUT2D eigenvalue weighted by Gasteiger charge is 2.14. The zero-order valence-electron chi connectivity index (χ0n) is 11.1. The lowest BCUT2D eigenvalue weighted by atomic mass is 9.99. The van der Waals surface area contributed by atoms with E-state index in [4.69, 9.17) is 5.73 Å². The van der Waals surface area contributed by atoms with Gasteiger partial charge in [-0.25, -0.2) is 0 Å².